The fourth-order valence-electron chi connectivity index (χ4n) is 1.54. The quantitative estimate of drug-likeness (QED) is 0.480. The maximum absolute atomic E-state index is 10.7. The summed E-state index contributed by atoms with van der Waals surface area (Å²) in [5.74, 6) is 0. The van der Waals surface area contributed by atoms with Crippen molar-refractivity contribution in [2.45, 2.75) is 12.6 Å². The normalized spacial score (nSPS) is 15.6. The molecule has 0 N–H and O–H groups in total. The van der Waals surface area contributed by atoms with Crippen LogP contribution in [0, 0.1) is 0 Å². The van der Waals surface area contributed by atoms with Crippen LogP contribution in [-0.2, 0) is 4.57 Å². The summed E-state index contributed by atoms with van der Waals surface area (Å²) in [5, 5.41) is 1.25. The van der Waals surface area contributed by atoms with E-state index in [9.17, 15) is 9.46 Å². The van der Waals surface area contributed by atoms with E-state index in [0.717, 1.165) is 6.04 Å². The van der Waals surface area contributed by atoms with Crippen molar-refractivity contribution < 1.29 is 39.0 Å². The van der Waals surface area contributed by atoms with Crippen LogP contribution in [0.4, 0.5) is 0 Å². The molecule has 0 saturated carbocycles. The van der Waals surface area contributed by atoms with Gasteiger partial charge in [0.05, 0.1) is 0 Å². The second-order valence-electron chi connectivity index (χ2n) is 3.86. The van der Waals surface area contributed by atoms with Crippen molar-refractivity contribution in [1.82, 2.24) is 0 Å². The summed E-state index contributed by atoms with van der Waals surface area (Å²) in [6, 6.07) is 10.8. The Labute approximate surface area is 121 Å². The Balaban J connectivity index is 0.00000225. The maximum atomic E-state index is 10.7. The monoisotopic (exact) mass is 262 g/mol. The minimum absolute atomic E-state index is 0. The van der Waals surface area contributed by atoms with E-state index >= 15 is 0 Å². The SMILES string of the molecule is C=C[Si](C)(CC[PH](=O)[O-])c1ccccc1.[Na+]. The molecule has 0 aliphatic carbocycles. The Morgan fingerprint density at radius 2 is 2.00 bits per heavy atom. The van der Waals surface area contributed by atoms with Crippen LogP contribution < -0.4 is 39.6 Å². The van der Waals surface area contributed by atoms with Crippen molar-refractivity contribution in [3.8, 4) is 0 Å². The van der Waals surface area contributed by atoms with Crippen LogP contribution in [0.15, 0.2) is 42.6 Å². The third-order valence-corrected chi connectivity index (χ3v) is 7.73. The standard InChI is InChI=1S/C11H17O2PSi.Na/c1-3-15(2,10-9-14(12)13)11-7-5-4-6-8-11;/h3-8,14H,1,9-10H2,2H3,(H,12,13);/q;+1/p-1. The molecular formula is C11H16NaO2PSi. The Hall–Kier alpha value is 0.367. The summed E-state index contributed by atoms with van der Waals surface area (Å²) in [6.45, 7) is 6.01. The third kappa shape index (κ3) is 4.70. The molecule has 0 fully saturated rings. The summed E-state index contributed by atoms with van der Waals surface area (Å²) in [4.78, 5) is 10.7. The Morgan fingerprint density at radius 3 is 2.44 bits per heavy atom. The molecule has 82 valence electrons. The van der Waals surface area contributed by atoms with Gasteiger partial charge in [-0.05, 0) is 12.2 Å². The van der Waals surface area contributed by atoms with E-state index in [4.69, 9.17) is 0 Å². The Morgan fingerprint density at radius 1 is 1.44 bits per heavy atom. The first-order valence-electron chi connectivity index (χ1n) is 4.97. The molecule has 2 atom stereocenters. The molecule has 1 rings (SSSR count). The van der Waals surface area contributed by atoms with Gasteiger partial charge in [-0.3, -0.25) is 0 Å². The first kappa shape index (κ1) is 16.4. The van der Waals surface area contributed by atoms with Crippen LogP contribution in [0.2, 0.25) is 12.6 Å². The summed E-state index contributed by atoms with van der Waals surface area (Å²) in [5.41, 5.74) is 1.97. The van der Waals surface area contributed by atoms with Crippen LogP contribution in [-0.4, -0.2) is 14.2 Å². The summed E-state index contributed by atoms with van der Waals surface area (Å²) in [7, 11) is -4.37. The molecule has 0 radical (unpaired) electrons. The van der Waals surface area contributed by atoms with E-state index in [0.29, 0.717) is 6.16 Å². The summed E-state index contributed by atoms with van der Waals surface area (Å²) < 4.78 is 10.7. The number of hydrogen-bond donors (Lipinski definition) is 0. The molecule has 1 aromatic carbocycles. The zero-order chi connectivity index (χ0) is 11.3. The van der Waals surface area contributed by atoms with E-state index < -0.39 is 16.1 Å². The van der Waals surface area contributed by atoms with Gasteiger partial charge in [-0.15, -0.1) is 6.58 Å². The topological polar surface area (TPSA) is 40.1 Å². The molecule has 0 bridgehead atoms. The van der Waals surface area contributed by atoms with Gasteiger partial charge in [-0.25, -0.2) is 0 Å². The molecule has 2 unspecified atom stereocenters. The van der Waals surface area contributed by atoms with Crippen LogP contribution in [0.5, 0.6) is 0 Å². The van der Waals surface area contributed by atoms with Crippen LogP contribution in [0.25, 0.3) is 0 Å². The predicted octanol–water partition coefficient (Wildman–Crippen LogP) is -1.46. The fourth-order valence-corrected chi connectivity index (χ4v) is 6.12. The molecule has 2 nitrogen and oxygen atoms in total. The molecule has 16 heavy (non-hydrogen) atoms. The largest absolute Gasteiger partial charge is 1.00 e. The molecule has 0 heterocycles. The van der Waals surface area contributed by atoms with Gasteiger partial charge >= 0.3 is 29.6 Å². The van der Waals surface area contributed by atoms with Crippen LogP contribution in [0.3, 0.4) is 0 Å². The van der Waals surface area contributed by atoms with Gasteiger partial charge in [-0.2, -0.15) is 0 Å². The van der Waals surface area contributed by atoms with Crippen molar-refractivity contribution in [3.05, 3.63) is 42.6 Å². The Kier molecular flexibility index (Phi) is 7.82. The van der Waals surface area contributed by atoms with Crippen molar-refractivity contribution in [1.29, 1.82) is 0 Å². The van der Waals surface area contributed by atoms with E-state index in [-0.39, 0.29) is 29.6 Å². The minimum Gasteiger partial charge on any atom is -0.802 e. The molecule has 5 heteroatoms. The van der Waals surface area contributed by atoms with Gasteiger partial charge in [0.1, 0.15) is 8.07 Å². The molecule has 0 saturated heterocycles. The molecule has 0 aromatic heterocycles. The number of benzene rings is 1. The maximum Gasteiger partial charge on any atom is 1.00 e. The van der Waals surface area contributed by atoms with Crippen molar-refractivity contribution in [2.24, 2.45) is 0 Å². The van der Waals surface area contributed by atoms with Gasteiger partial charge in [0, 0.05) is 8.03 Å². The molecule has 0 aliphatic heterocycles. The van der Waals surface area contributed by atoms with Crippen molar-refractivity contribution in [2.75, 3.05) is 6.16 Å². The van der Waals surface area contributed by atoms with Gasteiger partial charge in [-0.1, -0.05) is 47.8 Å². The molecule has 0 amide bonds. The summed E-state index contributed by atoms with van der Waals surface area (Å²) >= 11 is 0. The van der Waals surface area contributed by atoms with Gasteiger partial charge in [0.15, 0.2) is 0 Å². The zero-order valence-corrected chi connectivity index (χ0v) is 13.9. The first-order valence-corrected chi connectivity index (χ1v) is 9.28. The summed E-state index contributed by atoms with van der Waals surface area (Å²) in [6.07, 6.45) is 0.300. The van der Waals surface area contributed by atoms with Gasteiger partial charge in [0.25, 0.3) is 0 Å². The second kappa shape index (κ2) is 7.65. The molecule has 0 aliphatic rings. The minimum atomic E-state index is -2.60. The van der Waals surface area contributed by atoms with Gasteiger partial charge < -0.3 is 9.46 Å². The van der Waals surface area contributed by atoms with Crippen LogP contribution in [0.1, 0.15) is 0 Å². The van der Waals surface area contributed by atoms with E-state index in [2.05, 4.69) is 25.3 Å². The van der Waals surface area contributed by atoms with Crippen molar-refractivity contribution >= 4 is 21.3 Å². The van der Waals surface area contributed by atoms with Crippen molar-refractivity contribution in [3.63, 3.8) is 0 Å². The van der Waals surface area contributed by atoms with Crippen LogP contribution >= 0.6 is 8.03 Å². The first-order chi connectivity index (χ1) is 7.08. The van der Waals surface area contributed by atoms with Gasteiger partial charge in [0.2, 0.25) is 0 Å². The number of rotatable bonds is 5. The predicted molar refractivity (Wildman–Crippen MR) is 66.6 cm³/mol. The number of hydrogen-bond acceptors (Lipinski definition) is 2. The average molecular weight is 262 g/mol. The Bertz CT molecular complexity index is 358. The van der Waals surface area contributed by atoms with E-state index in [1.165, 1.54) is 5.19 Å². The van der Waals surface area contributed by atoms with E-state index in [1.54, 1.807) is 0 Å². The second-order valence-corrected chi connectivity index (χ2v) is 9.42. The molecule has 1 aromatic rings. The smallest absolute Gasteiger partial charge is 0.802 e. The van der Waals surface area contributed by atoms with E-state index in [1.807, 2.05) is 23.9 Å². The zero-order valence-electron chi connectivity index (χ0n) is 9.90. The molecule has 0 spiro atoms. The molecular weight excluding hydrogens is 246 g/mol. The average Bonchev–Trinajstić information content (AvgIpc) is 2.27. The third-order valence-electron chi connectivity index (χ3n) is 2.73. The fraction of sp³-hybridized carbons (Fsp3) is 0.273.